The first-order valence-electron chi connectivity index (χ1n) is 2.93. The van der Waals surface area contributed by atoms with Gasteiger partial charge in [0, 0.05) is 0 Å². The molecule has 0 amide bonds. The number of hydrogen-bond acceptors (Lipinski definition) is 2. The van der Waals surface area contributed by atoms with E-state index in [9.17, 15) is 8.78 Å². The van der Waals surface area contributed by atoms with Gasteiger partial charge in [-0.2, -0.15) is 0 Å². The van der Waals surface area contributed by atoms with E-state index in [-0.39, 0.29) is 13.4 Å². The SMILES string of the molecule is O[B]Oc1ccc(F)c(Cl)c1F. The second-order valence-corrected chi connectivity index (χ2v) is 2.27. The highest BCUT2D eigenvalue weighted by atomic mass is 35.5. The Hall–Kier alpha value is -0.805. The van der Waals surface area contributed by atoms with Gasteiger partial charge >= 0.3 is 7.69 Å². The fourth-order valence-electron chi connectivity index (χ4n) is 0.656. The Morgan fingerprint density at radius 1 is 1.42 bits per heavy atom. The smallest absolute Gasteiger partial charge is 0.535 e. The molecule has 1 rings (SSSR count). The van der Waals surface area contributed by atoms with Crippen molar-refractivity contribution < 1.29 is 18.5 Å². The maximum absolute atomic E-state index is 12.8. The average Bonchev–Trinajstić information content (AvgIpc) is 2.07. The van der Waals surface area contributed by atoms with Crippen LogP contribution in [0.2, 0.25) is 5.02 Å². The zero-order valence-corrected chi connectivity index (χ0v) is 6.48. The third-order valence-corrected chi connectivity index (χ3v) is 1.53. The molecule has 0 fully saturated rings. The Kier molecular flexibility index (Phi) is 2.89. The van der Waals surface area contributed by atoms with E-state index in [0.29, 0.717) is 0 Å². The molecule has 0 bridgehead atoms. The van der Waals surface area contributed by atoms with Crippen molar-refractivity contribution in [1.82, 2.24) is 0 Å². The van der Waals surface area contributed by atoms with E-state index >= 15 is 0 Å². The van der Waals surface area contributed by atoms with Crippen LogP contribution in [-0.2, 0) is 0 Å². The van der Waals surface area contributed by atoms with Gasteiger partial charge in [-0.15, -0.1) is 0 Å². The van der Waals surface area contributed by atoms with Gasteiger partial charge in [0.15, 0.2) is 5.82 Å². The third-order valence-electron chi connectivity index (χ3n) is 1.18. The Labute approximate surface area is 73.0 Å². The van der Waals surface area contributed by atoms with Gasteiger partial charge in [0.25, 0.3) is 0 Å². The summed E-state index contributed by atoms with van der Waals surface area (Å²) in [5.41, 5.74) is 0. The molecule has 2 nitrogen and oxygen atoms in total. The van der Waals surface area contributed by atoms with Crippen molar-refractivity contribution in [2.24, 2.45) is 0 Å². The second kappa shape index (κ2) is 3.73. The van der Waals surface area contributed by atoms with Gasteiger partial charge in [0.05, 0.1) is 0 Å². The molecule has 1 radical (unpaired) electrons. The van der Waals surface area contributed by atoms with Gasteiger partial charge in [-0.25, -0.2) is 8.78 Å². The highest BCUT2D eigenvalue weighted by Crippen LogP contribution is 2.26. The quantitative estimate of drug-likeness (QED) is 0.567. The predicted octanol–water partition coefficient (Wildman–Crippen LogP) is 1.52. The molecule has 0 aliphatic rings. The summed E-state index contributed by atoms with van der Waals surface area (Å²) in [6, 6.07) is 1.95. The zero-order chi connectivity index (χ0) is 9.14. The van der Waals surface area contributed by atoms with Gasteiger partial charge < -0.3 is 9.68 Å². The minimum atomic E-state index is -1.04. The molecule has 1 N–H and O–H groups in total. The van der Waals surface area contributed by atoms with Crippen molar-refractivity contribution in [3.63, 3.8) is 0 Å². The van der Waals surface area contributed by atoms with Crippen LogP contribution in [0.5, 0.6) is 5.75 Å². The molecule has 0 aliphatic carbocycles. The monoisotopic (exact) mass is 191 g/mol. The van der Waals surface area contributed by atoms with Gasteiger partial charge in [0.2, 0.25) is 0 Å². The molecular weight excluding hydrogens is 188 g/mol. The Balaban J connectivity index is 3.08. The predicted molar refractivity (Wildman–Crippen MR) is 40.0 cm³/mol. The third kappa shape index (κ3) is 1.68. The molecular formula is C6H3BClF2O2. The summed E-state index contributed by atoms with van der Waals surface area (Å²) in [4.78, 5) is 0. The minimum absolute atomic E-state index is 0.284. The first-order valence-corrected chi connectivity index (χ1v) is 3.30. The van der Waals surface area contributed by atoms with Crippen molar-refractivity contribution in [1.29, 1.82) is 0 Å². The van der Waals surface area contributed by atoms with Crippen LogP contribution in [0.25, 0.3) is 0 Å². The average molecular weight is 191 g/mol. The van der Waals surface area contributed by atoms with E-state index in [2.05, 4.69) is 4.65 Å². The van der Waals surface area contributed by atoms with Crippen LogP contribution in [0.15, 0.2) is 12.1 Å². The molecule has 0 heterocycles. The van der Waals surface area contributed by atoms with Gasteiger partial charge in [-0.05, 0) is 12.1 Å². The number of rotatable bonds is 2. The largest absolute Gasteiger partial charge is 0.569 e. The van der Waals surface area contributed by atoms with Gasteiger partial charge in [0.1, 0.15) is 16.6 Å². The number of benzene rings is 1. The standard InChI is InChI=1S/C6H3BClF2O2/c8-5-3(9)1-2-4(6(5)10)12-7-11/h1-2,11H. The molecule has 1 aromatic carbocycles. The van der Waals surface area contributed by atoms with Crippen LogP contribution in [0, 0.1) is 11.6 Å². The summed E-state index contributed by atoms with van der Waals surface area (Å²) in [6.45, 7) is 0. The maximum atomic E-state index is 12.8. The lowest BCUT2D eigenvalue weighted by atomic mass is 10.3. The summed E-state index contributed by atoms with van der Waals surface area (Å²) >= 11 is 5.19. The molecule has 0 atom stereocenters. The second-order valence-electron chi connectivity index (χ2n) is 1.90. The molecule has 0 saturated carbocycles. The summed E-state index contributed by atoms with van der Waals surface area (Å²) in [7, 11) is 0.284. The lowest BCUT2D eigenvalue weighted by Crippen LogP contribution is -2.02. The summed E-state index contributed by atoms with van der Waals surface area (Å²) in [5, 5.41) is 7.50. The minimum Gasteiger partial charge on any atom is -0.535 e. The Morgan fingerprint density at radius 2 is 2.08 bits per heavy atom. The summed E-state index contributed by atoms with van der Waals surface area (Å²) < 4.78 is 29.6. The van der Waals surface area contributed by atoms with E-state index in [1.807, 2.05) is 0 Å². The molecule has 12 heavy (non-hydrogen) atoms. The molecule has 63 valence electrons. The molecule has 6 heteroatoms. The Morgan fingerprint density at radius 3 is 2.67 bits per heavy atom. The van der Waals surface area contributed by atoms with Crippen molar-refractivity contribution in [3.05, 3.63) is 28.8 Å². The van der Waals surface area contributed by atoms with Crippen molar-refractivity contribution >= 4 is 19.3 Å². The number of halogens is 3. The lowest BCUT2D eigenvalue weighted by molar-refractivity contribution is 0.429. The van der Waals surface area contributed by atoms with Crippen molar-refractivity contribution in [2.45, 2.75) is 0 Å². The molecule has 0 spiro atoms. The number of hydrogen-bond donors (Lipinski definition) is 1. The van der Waals surface area contributed by atoms with E-state index in [1.54, 1.807) is 0 Å². The summed E-state index contributed by atoms with van der Waals surface area (Å²) in [6.07, 6.45) is 0. The molecule has 0 unspecified atom stereocenters. The van der Waals surface area contributed by atoms with Crippen LogP contribution in [0.3, 0.4) is 0 Å². The fourth-order valence-corrected chi connectivity index (χ4v) is 0.812. The van der Waals surface area contributed by atoms with E-state index < -0.39 is 16.7 Å². The van der Waals surface area contributed by atoms with Gasteiger partial charge in [-0.3, -0.25) is 0 Å². The fraction of sp³-hybridized carbons (Fsp3) is 0. The molecule has 1 aromatic rings. The van der Waals surface area contributed by atoms with E-state index in [4.69, 9.17) is 16.6 Å². The first kappa shape index (κ1) is 9.28. The highest BCUT2D eigenvalue weighted by molar-refractivity contribution is 6.31. The molecule has 0 saturated heterocycles. The van der Waals surface area contributed by atoms with Gasteiger partial charge in [-0.1, -0.05) is 11.6 Å². The van der Waals surface area contributed by atoms with Crippen LogP contribution < -0.4 is 4.65 Å². The maximum Gasteiger partial charge on any atom is 0.569 e. The lowest BCUT2D eigenvalue weighted by Gasteiger charge is -2.03. The van der Waals surface area contributed by atoms with Crippen molar-refractivity contribution in [3.8, 4) is 5.75 Å². The van der Waals surface area contributed by atoms with Crippen LogP contribution in [0.4, 0.5) is 8.78 Å². The van der Waals surface area contributed by atoms with E-state index in [0.717, 1.165) is 12.1 Å². The normalized spacial score (nSPS) is 9.67. The van der Waals surface area contributed by atoms with Crippen LogP contribution in [-0.4, -0.2) is 12.7 Å². The Bertz CT molecular complexity index is 295. The zero-order valence-electron chi connectivity index (χ0n) is 5.72. The topological polar surface area (TPSA) is 29.5 Å². The van der Waals surface area contributed by atoms with Crippen LogP contribution in [0.1, 0.15) is 0 Å². The van der Waals surface area contributed by atoms with E-state index in [1.165, 1.54) is 0 Å². The van der Waals surface area contributed by atoms with Crippen LogP contribution >= 0.6 is 11.6 Å². The summed E-state index contributed by atoms with van der Waals surface area (Å²) in [5.74, 6) is -2.25. The molecule has 0 aliphatic heterocycles. The van der Waals surface area contributed by atoms with Crippen molar-refractivity contribution in [2.75, 3.05) is 0 Å². The molecule has 0 aromatic heterocycles. The highest BCUT2D eigenvalue weighted by Gasteiger charge is 2.12. The first-order chi connectivity index (χ1) is 5.66.